The molecule has 33 heavy (non-hydrogen) atoms. The van der Waals surface area contributed by atoms with E-state index in [2.05, 4.69) is 21.2 Å². The first-order valence-corrected chi connectivity index (χ1v) is 13.4. The number of carbonyl (C=O) groups excluding carboxylic acids is 2. The Kier molecular flexibility index (Phi) is 9.75. The lowest BCUT2D eigenvalue weighted by Crippen LogP contribution is -2.51. The van der Waals surface area contributed by atoms with Crippen LogP contribution in [0.15, 0.2) is 53.0 Å². The van der Waals surface area contributed by atoms with E-state index in [0.29, 0.717) is 17.3 Å². The van der Waals surface area contributed by atoms with E-state index in [9.17, 15) is 18.0 Å². The number of sulfonamides is 1. The first kappa shape index (κ1) is 27.1. The highest BCUT2D eigenvalue weighted by atomic mass is 79.9. The Morgan fingerprint density at radius 2 is 1.73 bits per heavy atom. The molecule has 1 atom stereocenters. The standard InChI is InChI=1S/C23H29BrClN3O4S/c1-16(2)13-26-23(30)17(3)27(14-18-6-5-7-20(25)12-18)22(29)15-28(33(4,31)32)21-10-8-19(24)9-11-21/h5-12,16-17H,13-15H2,1-4H3,(H,26,30)/t17-/m1/s1. The molecule has 0 aliphatic heterocycles. The Morgan fingerprint density at radius 3 is 2.27 bits per heavy atom. The number of hydrogen-bond acceptors (Lipinski definition) is 4. The van der Waals surface area contributed by atoms with E-state index >= 15 is 0 Å². The second kappa shape index (κ2) is 11.9. The Bertz CT molecular complexity index is 1080. The van der Waals surface area contributed by atoms with Gasteiger partial charge < -0.3 is 10.2 Å². The van der Waals surface area contributed by atoms with Crippen molar-refractivity contribution in [2.24, 2.45) is 5.92 Å². The monoisotopic (exact) mass is 557 g/mol. The van der Waals surface area contributed by atoms with E-state index in [0.717, 1.165) is 20.6 Å². The van der Waals surface area contributed by atoms with E-state index in [1.54, 1.807) is 55.5 Å². The zero-order chi connectivity index (χ0) is 24.8. The van der Waals surface area contributed by atoms with Gasteiger partial charge in [-0.1, -0.05) is 53.5 Å². The molecule has 0 saturated carbocycles. The molecule has 0 heterocycles. The van der Waals surface area contributed by atoms with Crippen molar-refractivity contribution in [3.8, 4) is 0 Å². The predicted octanol–water partition coefficient (Wildman–Crippen LogP) is 4.06. The van der Waals surface area contributed by atoms with E-state index in [-0.39, 0.29) is 18.4 Å². The molecule has 0 aromatic heterocycles. The summed E-state index contributed by atoms with van der Waals surface area (Å²) in [6.07, 6.45) is 1.04. The molecular formula is C23H29BrClN3O4S. The molecule has 2 rings (SSSR count). The Morgan fingerprint density at radius 1 is 1.09 bits per heavy atom. The number of nitrogens with one attached hydrogen (secondary N) is 1. The van der Waals surface area contributed by atoms with Crippen molar-refractivity contribution in [3.05, 3.63) is 63.6 Å². The summed E-state index contributed by atoms with van der Waals surface area (Å²) in [6.45, 7) is 5.71. The van der Waals surface area contributed by atoms with Crippen LogP contribution in [0.1, 0.15) is 26.3 Å². The molecule has 0 fully saturated rings. The Hall–Kier alpha value is -2.10. The maximum absolute atomic E-state index is 13.4. The summed E-state index contributed by atoms with van der Waals surface area (Å²) in [5.74, 6) is -0.569. The van der Waals surface area contributed by atoms with Crippen molar-refractivity contribution in [2.45, 2.75) is 33.4 Å². The van der Waals surface area contributed by atoms with Gasteiger partial charge in [0.2, 0.25) is 21.8 Å². The van der Waals surface area contributed by atoms with Crippen LogP contribution in [0.2, 0.25) is 5.02 Å². The average Bonchev–Trinajstić information content (AvgIpc) is 2.73. The second-order valence-electron chi connectivity index (χ2n) is 8.21. The highest BCUT2D eigenvalue weighted by Gasteiger charge is 2.30. The molecule has 2 aromatic rings. The highest BCUT2D eigenvalue weighted by Crippen LogP contribution is 2.22. The normalized spacial score (nSPS) is 12.3. The zero-order valence-corrected chi connectivity index (χ0v) is 22.2. The molecule has 180 valence electrons. The number of nitrogens with zero attached hydrogens (tertiary/aromatic N) is 2. The van der Waals surface area contributed by atoms with Crippen LogP contribution in [0, 0.1) is 5.92 Å². The summed E-state index contributed by atoms with van der Waals surface area (Å²) in [4.78, 5) is 27.6. The fourth-order valence-corrected chi connectivity index (χ4v) is 4.41. The van der Waals surface area contributed by atoms with Crippen molar-refractivity contribution in [2.75, 3.05) is 23.7 Å². The minimum Gasteiger partial charge on any atom is -0.354 e. The van der Waals surface area contributed by atoms with E-state index in [1.165, 1.54) is 4.90 Å². The van der Waals surface area contributed by atoms with Gasteiger partial charge in [-0.2, -0.15) is 0 Å². The van der Waals surface area contributed by atoms with Crippen molar-refractivity contribution in [3.63, 3.8) is 0 Å². The van der Waals surface area contributed by atoms with Crippen LogP contribution in [0.25, 0.3) is 0 Å². The SMILES string of the molecule is CC(C)CNC(=O)[C@@H](C)N(Cc1cccc(Cl)c1)C(=O)CN(c1ccc(Br)cc1)S(C)(=O)=O. The van der Waals surface area contributed by atoms with Gasteiger partial charge in [0, 0.05) is 22.6 Å². The van der Waals surface area contributed by atoms with Gasteiger partial charge in [0.1, 0.15) is 12.6 Å². The van der Waals surface area contributed by atoms with Gasteiger partial charge in [-0.3, -0.25) is 13.9 Å². The molecule has 0 saturated heterocycles. The van der Waals surface area contributed by atoms with Crippen molar-refractivity contribution in [1.29, 1.82) is 0 Å². The third-order valence-corrected chi connectivity index (χ3v) is 6.79. The fraction of sp³-hybridized carbons (Fsp3) is 0.391. The quantitative estimate of drug-likeness (QED) is 0.477. The maximum atomic E-state index is 13.4. The molecule has 0 spiro atoms. The predicted molar refractivity (Wildman–Crippen MR) is 136 cm³/mol. The van der Waals surface area contributed by atoms with Crippen molar-refractivity contribution >= 4 is 55.1 Å². The van der Waals surface area contributed by atoms with Gasteiger partial charge >= 0.3 is 0 Å². The summed E-state index contributed by atoms with van der Waals surface area (Å²) in [5, 5.41) is 3.34. The average molecular weight is 559 g/mol. The summed E-state index contributed by atoms with van der Waals surface area (Å²) >= 11 is 9.42. The molecule has 0 aliphatic rings. The van der Waals surface area contributed by atoms with Gasteiger partial charge in [-0.05, 0) is 54.8 Å². The molecule has 2 aromatic carbocycles. The number of anilines is 1. The van der Waals surface area contributed by atoms with Gasteiger partial charge in [0.15, 0.2) is 0 Å². The molecule has 10 heteroatoms. The van der Waals surface area contributed by atoms with Crippen LogP contribution in [0.4, 0.5) is 5.69 Å². The molecule has 0 unspecified atom stereocenters. The fourth-order valence-electron chi connectivity index (χ4n) is 3.09. The van der Waals surface area contributed by atoms with Gasteiger partial charge in [0.25, 0.3) is 0 Å². The number of carbonyl (C=O) groups is 2. The number of amides is 2. The second-order valence-corrected chi connectivity index (χ2v) is 11.5. The van der Waals surface area contributed by atoms with Crippen LogP contribution in [-0.2, 0) is 26.2 Å². The summed E-state index contributed by atoms with van der Waals surface area (Å²) in [5.41, 5.74) is 1.09. The van der Waals surface area contributed by atoms with Gasteiger partial charge in [-0.15, -0.1) is 0 Å². The lowest BCUT2D eigenvalue weighted by Gasteiger charge is -2.31. The molecule has 0 aliphatic carbocycles. The van der Waals surface area contributed by atoms with E-state index < -0.39 is 28.5 Å². The number of hydrogen-bond donors (Lipinski definition) is 1. The third-order valence-electron chi connectivity index (χ3n) is 4.89. The molecular weight excluding hydrogens is 530 g/mol. The summed E-state index contributed by atoms with van der Waals surface area (Å²) < 4.78 is 26.8. The van der Waals surface area contributed by atoms with Crippen molar-refractivity contribution in [1.82, 2.24) is 10.2 Å². The maximum Gasteiger partial charge on any atom is 0.244 e. The first-order chi connectivity index (χ1) is 15.4. The Labute approximate surface area is 209 Å². The number of benzene rings is 2. The van der Waals surface area contributed by atoms with Crippen LogP contribution >= 0.6 is 27.5 Å². The van der Waals surface area contributed by atoms with Crippen LogP contribution < -0.4 is 9.62 Å². The smallest absolute Gasteiger partial charge is 0.244 e. The minimum atomic E-state index is -3.76. The van der Waals surface area contributed by atoms with Gasteiger partial charge in [-0.25, -0.2) is 8.42 Å². The largest absolute Gasteiger partial charge is 0.354 e. The molecule has 0 bridgehead atoms. The first-order valence-electron chi connectivity index (χ1n) is 10.4. The Balaban J connectivity index is 2.35. The number of halogens is 2. The molecule has 0 radical (unpaired) electrons. The lowest BCUT2D eigenvalue weighted by molar-refractivity contribution is -0.139. The van der Waals surface area contributed by atoms with Crippen LogP contribution in [-0.4, -0.2) is 50.5 Å². The summed E-state index contributed by atoms with van der Waals surface area (Å²) in [7, 11) is -3.76. The number of rotatable bonds is 10. The molecule has 2 amide bonds. The van der Waals surface area contributed by atoms with Gasteiger partial charge in [0.05, 0.1) is 11.9 Å². The summed E-state index contributed by atoms with van der Waals surface area (Å²) in [6, 6.07) is 12.8. The van der Waals surface area contributed by atoms with Crippen LogP contribution in [0.5, 0.6) is 0 Å². The third kappa shape index (κ3) is 8.32. The molecule has 1 N–H and O–H groups in total. The van der Waals surface area contributed by atoms with E-state index in [4.69, 9.17) is 11.6 Å². The topological polar surface area (TPSA) is 86.8 Å². The zero-order valence-electron chi connectivity index (χ0n) is 19.1. The highest BCUT2D eigenvalue weighted by molar-refractivity contribution is 9.10. The lowest BCUT2D eigenvalue weighted by atomic mass is 10.1. The minimum absolute atomic E-state index is 0.105. The van der Waals surface area contributed by atoms with Crippen molar-refractivity contribution < 1.29 is 18.0 Å². The molecule has 7 nitrogen and oxygen atoms in total. The van der Waals surface area contributed by atoms with E-state index in [1.807, 2.05) is 13.8 Å². The van der Waals surface area contributed by atoms with Crippen LogP contribution in [0.3, 0.4) is 0 Å².